The fraction of sp³-hybridized carbons (Fsp3) is 0.407. The maximum Gasteiger partial charge on any atom is 0.123 e. The molecule has 5 heteroatoms. The zero-order chi connectivity index (χ0) is 23.2. The minimum Gasteiger partial charge on any atom is -0.394 e. The molecule has 2 rings (SSSR count). The SMILES string of the molecule is C=N\C=C/C(=N\CNC1CCCCC1)C(/C=C\NC)=C\C/C(C)=C/c1ccc(F)cc1C. The fourth-order valence-corrected chi connectivity index (χ4v) is 3.76. The third-order valence-corrected chi connectivity index (χ3v) is 5.58. The summed E-state index contributed by atoms with van der Waals surface area (Å²) in [5, 5.41) is 6.63. The molecule has 2 N–H and O–H groups in total. The largest absolute Gasteiger partial charge is 0.394 e. The molecule has 0 amide bonds. The molecule has 0 radical (unpaired) electrons. The van der Waals surface area contributed by atoms with Gasteiger partial charge in [-0.1, -0.05) is 43.1 Å². The van der Waals surface area contributed by atoms with Gasteiger partial charge in [-0.2, -0.15) is 0 Å². The van der Waals surface area contributed by atoms with Crippen molar-refractivity contribution in [3.8, 4) is 0 Å². The highest BCUT2D eigenvalue weighted by atomic mass is 19.1. The molecule has 4 nitrogen and oxygen atoms in total. The van der Waals surface area contributed by atoms with E-state index in [-0.39, 0.29) is 5.82 Å². The first-order chi connectivity index (χ1) is 15.5. The molecular weight excluding hydrogens is 399 g/mol. The van der Waals surface area contributed by atoms with Gasteiger partial charge in [0.25, 0.3) is 0 Å². The van der Waals surface area contributed by atoms with Crippen molar-refractivity contribution in [1.82, 2.24) is 10.6 Å². The maximum atomic E-state index is 13.4. The van der Waals surface area contributed by atoms with Gasteiger partial charge in [0.15, 0.2) is 0 Å². The lowest BCUT2D eigenvalue weighted by Gasteiger charge is -2.22. The van der Waals surface area contributed by atoms with Crippen molar-refractivity contribution >= 4 is 18.5 Å². The van der Waals surface area contributed by atoms with Crippen molar-refractivity contribution in [3.63, 3.8) is 0 Å². The number of hydrogen-bond acceptors (Lipinski definition) is 4. The van der Waals surface area contributed by atoms with Crippen LogP contribution in [-0.2, 0) is 0 Å². The highest BCUT2D eigenvalue weighted by Crippen LogP contribution is 2.18. The molecule has 1 aromatic carbocycles. The molecule has 32 heavy (non-hydrogen) atoms. The van der Waals surface area contributed by atoms with E-state index < -0.39 is 0 Å². The van der Waals surface area contributed by atoms with Gasteiger partial charge in [-0.15, -0.1) is 0 Å². The summed E-state index contributed by atoms with van der Waals surface area (Å²) in [4.78, 5) is 8.68. The van der Waals surface area contributed by atoms with E-state index in [1.165, 1.54) is 43.7 Å². The first kappa shape index (κ1) is 25.5. The minimum atomic E-state index is -0.206. The van der Waals surface area contributed by atoms with E-state index in [2.05, 4.69) is 41.4 Å². The number of hydrogen-bond donors (Lipinski definition) is 2. The molecule has 0 atom stereocenters. The lowest BCUT2D eigenvalue weighted by Crippen LogP contribution is -2.31. The lowest BCUT2D eigenvalue weighted by atomic mass is 9.96. The van der Waals surface area contributed by atoms with E-state index in [0.29, 0.717) is 12.7 Å². The Morgan fingerprint density at radius 3 is 2.69 bits per heavy atom. The van der Waals surface area contributed by atoms with Crippen LogP contribution in [0.1, 0.15) is 56.6 Å². The average molecular weight is 437 g/mol. The molecule has 0 bridgehead atoms. The van der Waals surface area contributed by atoms with Crippen molar-refractivity contribution in [2.24, 2.45) is 9.98 Å². The number of rotatable bonds is 11. The summed E-state index contributed by atoms with van der Waals surface area (Å²) in [7, 11) is 1.87. The smallest absolute Gasteiger partial charge is 0.123 e. The summed E-state index contributed by atoms with van der Waals surface area (Å²) < 4.78 is 13.4. The highest BCUT2D eigenvalue weighted by Gasteiger charge is 2.12. The molecule has 1 fully saturated rings. The van der Waals surface area contributed by atoms with Gasteiger partial charge in [0.1, 0.15) is 5.82 Å². The molecule has 0 spiro atoms. The first-order valence-electron chi connectivity index (χ1n) is 11.4. The number of aliphatic imine (C=N–C) groups is 2. The third-order valence-electron chi connectivity index (χ3n) is 5.58. The van der Waals surface area contributed by atoms with E-state index in [9.17, 15) is 4.39 Å². The molecule has 0 aliphatic heterocycles. The summed E-state index contributed by atoms with van der Waals surface area (Å²) in [5.41, 5.74) is 5.01. The van der Waals surface area contributed by atoms with E-state index in [1.807, 2.05) is 38.4 Å². The van der Waals surface area contributed by atoms with Crippen LogP contribution in [0, 0.1) is 12.7 Å². The number of nitrogens with zero attached hydrogens (tertiary/aromatic N) is 2. The second-order valence-electron chi connectivity index (χ2n) is 8.22. The Hall–Kier alpha value is -2.79. The number of allylic oxidation sites excluding steroid dienone is 5. The van der Waals surface area contributed by atoms with Crippen LogP contribution >= 0.6 is 0 Å². The summed E-state index contributed by atoms with van der Waals surface area (Å²) in [5.74, 6) is -0.206. The number of benzene rings is 1. The van der Waals surface area contributed by atoms with Crippen LogP contribution in [0.25, 0.3) is 6.08 Å². The quantitative estimate of drug-likeness (QED) is 0.324. The van der Waals surface area contributed by atoms with Crippen LogP contribution in [-0.4, -0.2) is 32.2 Å². The van der Waals surface area contributed by atoms with Crippen molar-refractivity contribution in [2.75, 3.05) is 13.7 Å². The summed E-state index contributed by atoms with van der Waals surface area (Å²) in [6.07, 6.45) is 18.9. The molecule has 1 aliphatic rings. The highest BCUT2D eigenvalue weighted by molar-refractivity contribution is 6.10. The number of halogens is 1. The fourth-order valence-electron chi connectivity index (χ4n) is 3.76. The van der Waals surface area contributed by atoms with Gasteiger partial charge in [-0.3, -0.25) is 15.3 Å². The summed E-state index contributed by atoms with van der Waals surface area (Å²) >= 11 is 0. The Morgan fingerprint density at radius 1 is 1.22 bits per heavy atom. The van der Waals surface area contributed by atoms with Crippen LogP contribution in [0.15, 0.2) is 70.0 Å². The Morgan fingerprint density at radius 2 is 2.00 bits per heavy atom. The molecule has 1 aliphatic carbocycles. The molecule has 1 saturated carbocycles. The standard InChI is InChI=1S/C27H37FN4/c1-21(18-24-12-13-25(28)19-22(24)2)10-11-23(14-16-29-3)27(15-17-30-4)32-20-31-26-8-6-5-7-9-26/h11-19,26,29,31H,4-10,20H2,1-3H3/b16-14-,17-15-,21-18+,23-11-,32-27+. The molecule has 0 heterocycles. The Labute approximate surface area is 192 Å². The van der Waals surface area contributed by atoms with Gasteiger partial charge in [0.2, 0.25) is 0 Å². The van der Waals surface area contributed by atoms with Crippen molar-refractivity contribution in [3.05, 3.63) is 76.9 Å². The van der Waals surface area contributed by atoms with Gasteiger partial charge in [-0.05, 0) is 87.0 Å². The monoisotopic (exact) mass is 436 g/mol. The van der Waals surface area contributed by atoms with Gasteiger partial charge >= 0.3 is 0 Å². The predicted molar refractivity (Wildman–Crippen MR) is 137 cm³/mol. The van der Waals surface area contributed by atoms with E-state index >= 15 is 0 Å². The van der Waals surface area contributed by atoms with Gasteiger partial charge in [0.05, 0.1) is 12.4 Å². The summed E-state index contributed by atoms with van der Waals surface area (Å²) in [6.45, 7) is 8.14. The second-order valence-corrected chi connectivity index (χ2v) is 8.22. The average Bonchev–Trinajstić information content (AvgIpc) is 2.79. The van der Waals surface area contributed by atoms with E-state index in [1.54, 1.807) is 12.3 Å². The predicted octanol–water partition coefficient (Wildman–Crippen LogP) is 6.12. The molecule has 0 unspecified atom stereocenters. The Bertz CT molecular complexity index is 887. The second kappa shape index (κ2) is 14.3. The van der Waals surface area contributed by atoms with Gasteiger partial charge < -0.3 is 5.32 Å². The molecule has 172 valence electrons. The Kier molecular flexibility index (Phi) is 11.4. The normalized spacial score (nSPS) is 16.8. The van der Waals surface area contributed by atoms with Crippen molar-refractivity contribution in [1.29, 1.82) is 0 Å². The number of aryl methyl sites for hydroxylation is 1. The van der Waals surface area contributed by atoms with Crippen molar-refractivity contribution < 1.29 is 4.39 Å². The van der Waals surface area contributed by atoms with Gasteiger partial charge in [0, 0.05) is 19.3 Å². The molecule has 1 aromatic rings. The zero-order valence-electron chi connectivity index (χ0n) is 19.7. The van der Waals surface area contributed by atoms with E-state index in [0.717, 1.165) is 28.8 Å². The zero-order valence-corrected chi connectivity index (χ0v) is 19.7. The van der Waals surface area contributed by atoms with E-state index in [4.69, 9.17) is 4.99 Å². The minimum absolute atomic E-state index is 0.206. The molecule has 0 saturated heterocycles. The van der Waals surface area contributed by atoms with Crippen LogP contribution in [0.4, 0.5) is 4.39 Å². The number of nitrogens with one attached hydrogen (secondary N) is 2. The maximum absolute atomic E-state index is 13.4. The third kappa shape index (κ3) is 9.15. The van der Waals surface area contributed by atoms with Crippen LogP contribution in [0.5, 0.6) is 0 Å². The Balaban J connectivity index is 2.19. The van der Waals surface area contributed by atoms with Crippen LogP contribution in [0.2, 0.25) is 0 Å². The summed E-state index contributed by atoms with van der Waals surface area (Å²) in [6, 6.07) is 5.44. The first-order valence-corrected chi connectivity index (χ1v) is 11.4. The molecular formula is C27H37FN4. The van der Waals surface area contributed by atoms with Gasteiger partial charge in [-0.25, -0.2) is 4.39 Å². The van der Waals surface area contributed by atoms with Crippen LogP contribution < -0.4 is 10.6 Å². The lowest BCUT2D eigenvalue weighted by molar-refractivity contribution is 0.378. The topological polar surface area (TPSA) is 48.8 Å². The van der Waals surface area contributed by atoms with Crippen LogP contribution in [0.3, 0.4) is 0 Å². The van der Waals surface area contributed by atoms with Crippen molar-refractivity contribution in [2.45, 2.75) is 58.4 Å². The molecule has 0 aromatic heterocycles.